The Balaban J connectivity index is 1.77. The molecular formula is C14H19N3O2. The molecule has 1 N–H and O–H groups in total. The van der Waals surface area contributed by atoms with Crippen LogP contribution in [0, 0.1) is 23.7 Å². The zero-order valence-electron chi connectivity index (χ0n) is 11.1. The second kappa shape index (κ2) is 3.81. The summed E-state index contributed by atoms with van der Waals surface area (Å²) in [5.41, 5.74) is 1.06. The minimum atomic E-state index is -0.933. The van der Waals surface area contributed by atoms with Crippen LogP contribution in [-0.2, 0) is 7.05 Å². The van der Waals surface area contributed by atoms with Crippen LogP contribution in [0.2, 0.25) is 0 Å². The van der Waals surface area contributed by atoms with Gasteiger partial charge in [-0.15, -0.1) is 5.10 Å². The molecule has 4 saturated carbocycles. The molecule has 4 bridgehead atoms. The highest BCUT2D eigenvalue weighted by molar-refractivity contribution is 5.86. The molecule has 0 radical (unpaired) electrons. The van der Waals surface area contributed by atoms with Crippen molar-refractivity contribution in [2.75, 3.05) is 0 Å². The van der Waals surface area contributed by atoms with Gasteiger partial charge >= 0.3 is 5.97 Å². The van der Waals surface area contributed by atoms with Gasteiger partial charge in [0.05, 0.1) is 5.69 Å². The molecule has 5 heteroatoms. The van der Waals surface area contributed by atoms with E-state index in [-0.39, 0.29) is 5.69 Å². The van der Waals surface area contributed by atoms with Gasteiger partial charge in [-0.1, -0.05) is 5.21 Å². The molecule has 4 aliphatic rings. The predicted octanol–water partition coefficient (Wildman–Crippen LogP) is 2.05. The molecule has 0 aromatic carbocycles. The Morgan fingerprint density at radius 3 is 2.26 bits per heavy atom. The van der Waals surface area contributed by atoms with E-state index in [9.17, 15) is 9.90 Å². The smallest absolute Gasteiger partial charge is 0.358 e. The number of aromatic carboxylic acids is 1. The Morgan fingerprint density at radius 1 is 1.16 bits per heavy atom. The molecule has 0 spiro atoms. The standard InChI is InChI=1S/C14H19N3O2/c1-17-13(12(14(18)19)15-16-17)11-9-3-7-2-8(5-9)6-10(11)4-7/h7-11H,2-6H2,1H3,(H,18,19). The molecule has 0 aliphatic heterocycles. The molecule has 4 aliphatic carbocycles. The van der Waals surface area contributed by atoms with Gasteiger partial charge in [-0.3, -0.25) is 4.68 Å². The fourth-order valence-electron chi connectivity index (χ4n) is 5.26. The average molecular weight is 261 g/mol. The maximum absolute atomic E-state index is 11.4. The molecule has 1 aromatic heterocycles. The average Bonchev–Trinajstić information content (AvgIpc) is 2.70. The van der Waals surface area contributed by atoms with Crippen molar-refractivity contribution in [2.24, 2.45) is 30.7 Å². The van der Waals surface area contributed by atoms with Crippen molar-refractivity contribution in [2.45, 2.75) is 38.0 Å². The molecule has 102 valence electrons. The van der Waals surface area contributed by atoms with Crippen molar-refractivity contribution in [1.82, 2.24) is 15.0 Å². The topological polar surface area (TPSA) is 68.0 Å². The number of aromatic nitrogens is 3. The lowest BCUT2D eigenvalue weighted by atomic mass is 9.51. The lowest BCUT2D eigenvalue weighted by molar-refractivity contribution is -0.00573. The number of hydrogen-bond donors (Lipinski definition) is 1. The Hall–Kier alpha value is -1.39. The van der Waals surface area contributed by atoms with E-state index in [0.717, 1.165) is 17.5 Å². The fraction of sp³-hybridized carbons (Fsp3) is 0.786. The zero-order chi connectivity index (χ0) is 13.1. The maximum Gasteiger partial charge on any atom is 0.358 e. The number of rotatable bonds is 2. The Morgan fingerprint density at radius 2 is 1.74 bits per heavy atom. The molecule has 5 nitrogen and oxygen atoms in total. The minimum absolute atomic E-state index is 0.181. The maximum atomic E-state index is 11.4. The van der Waals surface area contributed by atoms with E-state index >= 15 is 0 Å². The molecular weight excluding hydrogens is 242 g/mol. The summed E-state index contributed by atoms with van der Waals surface area (Å²) in [5.74, 6) is 2.55. The van der Waals surface area contributed by atoms with Crippen molar-refractivity contribution in [3.05, 3.63) is 11.4 Å². The SMILES string of the molecule is Cn1nnc(C(=O)O)c1C1C2CC3CC(C2)CC1C3. The summed E-state index contributed by atoms with van der Waals surface area (Å²) >= 11 is 0. The highest BCUT2D eigenvalue weighted by Gasteiger charge is 2.50. The van der Waals surface area contributed by atoms with Crippen molar-refractivity contribution in [3.63, 3.8) is 0 Å². The Labute approximate surface area is 112 Å². The van der Waals surface area contributed by atoms with Gasteiger partial charge < -0.3 is 5.11 Å². The first kappa shape index (κ1) is 11.4. The summed E-state index contributed by atoms with van der Waals surface area (Å²) in [5, 5.41) is 17.1. The lowest BCUT2D eigenvalue weighted by Crippen LogP contribution is -2.44. The van der Waals surface area contributed by atoms with E-state index in [2.05, 4.69) is 10.3 Å². The van der Waals surface area contributed by atoms with Gasteiger partial charge in [0.2, 0.25) is 0 Å². The highest BCUT2D eigenvalue weighted by atomic mass is 16.4. The largest absolute Gasteiger partial charge is 0.476 e. The zero-order valence-corrected chi connectivity index (χ0v) is 11.1. The summed E-state index contributed by atoms with van der Waals surface area (Å²) in [4.78, 5) is 11.4. The predicted molar refractivity (Wildman–Crippen MR) is 67.7 cm³/mol. The van der Waals surface area contributed by atoms with Crippen molar-refractivity contribution < 1.29 is 9.90 Å². The van der Waals surface area contributed by atoms with Crippen LogP contribution in [0.25, 0.3) is 0 Å². The third-order valence-corrected chi connectivity index (χ3v) is 5.62. The summed E-state index contributed by atoms with van der Waals surface area (Å²) in [6, 6.07) is 0. The summed E-state index contributed by atoms with van der Waals surface area (Å²) in [7, 11) is 1.83. The number of carboxylic acid groups (broad SMARTS) is 1. The molecule has 1 heterocycles. The molecule has 5 rings (SSSR count). The first-order chi connectivity index (χ1) is 9.13. The molecule has 4 fully saturated rings. The van der Waals surface area contributed by atoms with Gasteiger partial charge in [0.15, 0.2) is 5.69 Å². The van der Waals surface area contributed by atoms with Crippen molar-refractivity contribution >= 4 is 5.97 Å². The lowest BCUT2D eigenvalue weighted by Gasteiger charge is -2.54. The van der Waals surface area contributed by atoms with Crippen LogP contribution < -0.4 is 0 Å². The number of carbonyl (C=O) groups is 1. The van der Waals surface area contributed by atoms with Gasteiger partial charge in [0, 0.05) is 13.0 Å². The number of nitrogens with zero attached hydrogens (tertiary/aromatic N) is 3. The van der Waals surface area contributed by atoms with Crippen LogP contribution in [-0.4, -0.2) is 26.1 Å². The molecule has 19 heavy (non-hydrogen) atoms. The number of hydrogen-bond acceptors (Lipinski definition) is 3. The summed E-state index contributed by atoms with van der Waals surface area (Å²) < 4.78 is 1.70. The van der Waals surface area contributed by atoms with Gasteiger partial charge in [0.1, 0.15) is 0 Å². The van der Waals surface area contributed by atoms with Gasteiger partial charge in [-0.25, -0.2) is 4.79 Å². The highest BCUT2D eigenvalue weighted by Crippen LogP contribution is 2.59. The van der Waals surface area contributed by atoms with Crippen LogP contribution in [0.15, 0.2) is 0 Å². The van der Waals surface area contributed by atoms with E-state index < -0.39 is 5.97 Å². The van der Waals surface area contributed by atoms with Crippen LogP contribution in [0.5, 0.6) is 0 Å². The van der Waals surface area contributed by atoms with Crippen molar-refractivity contribution in [1.29, 1.82) is 0 Å². The second-order valence-electron chi connectivity index (χ2n) is 6.71. The molecule has 0 amide bonds. The van der Waals surface area contributed by atoms with Gasteiger partial charge in [-0.05, 0) is 55.8 Å². The Bertz CT molecular complexity index is 509. The molecule has 0 saturated heterocycles. The normalized spacial score (nSPS) is 39.7. The molecule has 0 unspecified atom stereocenters. The van der Waals surface area contributed by atoms with Gasteiger partial charge in [-0.2, -0.15) is 0 Å². The van der Waals surface area contributed by atoms with E-state index in [4.69, 9.17) is 0 Å². The van der Waals surface area contributed by atoms with Crippen molar-refractivity contribution in [3.8, 4) is 0 Å². The summed E-state index contributed by atoms with van der Waals surface area (Å²) in [6.45, 7) is 0. The van der Waals surface area contributed by atoms with Crippen LogP contribution in [0.3, 0.4) is 0 Å². The molecule has 1 aromatic rings. The number of carboxylic acids is 1. The minimum Gasteiger partial charge on any atom is -0.476 e. The Kier molecular flexibility index (Phi) is 2.29. The van der Waals surface area contributed by atoms with E-state index in [1.54, 1.807) is 4.68 Å². The van der Waals surface area contributed by atoms with Crippen LogP contribution in [0.4, 0.5) is 0 Å². The van der Waals surface area contributed by atoms with Crippen LogP contribution in [0.1, 0.15) is 54.2 Å². The summed E-state index contributed by atoms with van der Waals surface area (Å²) in [6.07, 6.45) is 6.53. The monoisotopic (exact) mass is 261 g/mol. The van der Waals surface area contributed by atoms with Gasteiger partial charge in [0.25, 0.3) is 0 Å². The first-order valence-electron chi connectivity index (χ1n) is 7.26. The third kappa shape index (κ3) is 1.56. The van der Waals surface area contributed by atoms with E-state index in [1.165, 1.54) is 32.1 Å². The fourth-order valence-corrected chi connectivity index (χ4v) is 5.26. The number of aryl methyl sites for hydroxylation is 1. The second-order valence-corrected chi connectivity index (χ2v) is 6.71. The van der Waals surface area contributed by atoms with E-state index in [0.29, 0.717) is 17.8 Å². The van der Waals surface area contributed by atoms with E-state index in [1.807, 2.05) is 7.05 Å². The first-order valence-corrected chi connectivity index (χ1v) is 7.26. The van der Waals surface area contributed by atoms with Crippen LogP contribution >= 0.6 is 0 Å². The third-order valence-electron chi connectivity index (χ3n) is 5.62. The molecule has 0 atom stereocenters. The quantitative estimate of drug-likeness (QED) is 0.884.